The number of nitrogens with zero attached hydrogens (tertiary/aromatic N) is 1. The maximum atomic E-state index is 5.95. The molecule has 0 saturated carbocycles. The molecule has 0 bridgehead atoms. The SMILES string of the molecule is ClC1=CCC=C2C=CC=CN12. The Hall–Kier alpha value is -0.950. The number of hydrogen-bond donors (Lipinski definition) is 0. The summed E-state index contributed by atoms with van der Waals surface area (Å²) < 4.78 is 0. The first-order chi connectivity index (χ1) is 5.38. The van der Waals surface area contributed by atoms with Gasteiger partial charge in [-0.2, -0.15) is 0 Å². The van der Waals surface area contributed by atoms with E-state index in [1.807, 2.05) is 29.3 Å². The van der Waals surface area contributed by atoms with E-state index in [9.17, 15) is 0 Å². The average molecular weight is 166 g/mol. The number of allylic oxidation sites excluding steroid dienone is 5. The van der Waals surface area contributed by atoms with Crippen LogP contribution in [0.2, 0.25) is 0 Å². The largest absolute Gasteiger partial charge is 0.308 e. The minimum Gasteiger partial charge on any atom is -0.308 e. The van der Waals surface area contributed by atoms with E-state index in [4.69, 9.17) is 11.6 Å². The lowest BCUT2D eigenvalue weighted by atomic mass is 10.2. The summed E-state index contributed by atoms with van der Waals surface area (Å²) in [4.78, 5) is 1.96. The van der Waals surface area contributed by atoms with Crippen LogP contribution in [-0.2, 0) is 0 Å². The molecule has 0 spiro atoms. The predicted molar refractivity (Wildman–Crippen MR) is 46.8 cm³/mol. The lowest BCUT2D eigenvalue weighted by molar-refractivity contribution is 0.611. The van der Waals surface area contributed by atoms with Gasteiger partial charge in [-0.25, -0.2) is 0 Å². The van der Waals surface area contributed by atoms with E-state index in [0.29, 0.717) is 0 Å². The molecule has 2 aliphatic heterocycles. The molecule has 2 aliphatic rings. The Labute approximate surface area is 71.0 Å². The van der Waals surface area contributed by atoms with Crippen molar-refractivity contribution >= 4 is 11.6 Å². The van der Waals surface area contributed by atoms with Gasteiger partial charge in [-0.3, -0.25) is 0 Å². The number of hydrogen-bond acceptors (Lipinski definition) is 1. The van der Waals surface area contributed by atoms with Gasteiger partial charge >= 0.3 is 0 Å². The summed E-state index contributed by atoms with van der Waals surface area (Å²) in [5.41, 5.74) is 1.17. The second-order valence-electron chi connectivity index (χ2n) is 2.46. The molecule has 1 nitrogen and oxygen atoms in total. The molecule has 2 heteroatoms. The van der Waals surface area contributed by atoms with Crippen LogP contribution in [0.1, 0.15) is 6.42 Å². The van der Waals surface area contributed by atoms with Crippen LogP contribution in [0.5, 0.6) is 0 Å². The summed E-state index contributed by atoms with van der Waals surface area (Å²) >= 11 is 5.95. The monoisotopic (exact) mass is 165 g/mol. The van der Waals surface area contributed by atoms with Gasteiger partial charge in [-0.1, -0.05) is 23.8 Å². The minimum atomic E-state index is 0.795. The number of halogens is 1. The molecule has 0 aromatic rings. The number of fused-ring (bicyclic) bond motifs is 1. The molecule has 0 amide bonds. The standard InChI is InChI=1S/C9H8ClN/c10-9-6-3-5-8-4-1-2-7-11(8)9/h1-2,4-7H,3H2. The van der Waals surface area contributed by atoms with E-state index >= 15 is 0 Å². The van der Waals surface area contributed by atoms with E-state index in [-0.39, 0.29) is 0 Å². The van der Waals surface area contributed by atoms with Crippen molar-refractivity contribution in [1.29, 1.82) is 0 Å². The highest BCUT2D eigenvalue weighted by Gasteiger charge is 2.12. The van der Waals surface area contributed by atoms with Crippen molar-refractivity contribution < 1.29 is 0 Å². The Morgan fingerprint density at radius 2 is 2.18 bits per heavy atom. The van der Waals surface area contributed by atoms with Crippen LogP contribution in [0.3, 0.4) is 0 Å². The topological polar surface area (TPSA) is 3.24 Å². The summed E-state index contributed by atoms with van der Waals surface area (Å²) in [5, 5.41) is 0.795. The maximum Gasteiger partial charge on any atom is 0.109 e. The molecule has 0 saturated heterocycles. The molecular weight excluding hydrogens is 158 g/mol. The van der Waals surface area contributed by atoms with Gasteiger partial charge in [0.2, 0.25) is 0 Å². The van der Waals surface area contributed by atoms with Crippen LogP contribution < -0.4 is 0 Å². The molecule has 56 valence electrons. The van der Waals surface area contributed by atoms with Gasteiger partial charge < -0.3 is 4.90 Å². The molecule has 0 atom stereocenters. The normalized spacial score (nSPS) is 21.0. The van der Waals surface area contributed by atoms with Gasteiger partial charge in [-0.15, -0.1) is 0 Å². The van der Waals surface area contributed by atoms with Gasteiger partial charge in [0.05, 0.1) is 0 Å². The highest BCUT2D eigenvalue weighted by molar-refractivity contribution is 6.29. The average Bonchev–Trinajstić information content (AvgIpc) is 2.06. The third-order valence-corrected chi connectivity index (χ3v) is 2.07. The second-order valence-corrected chi connectivity index (χ2v) is 2.85. The van der Waals surface area contributed by atoms with Crippen molar-refractivity contribution in [2.24, 2.45) is 0 Å². The van der Waals surface area contributed by atoms with Crippen LogP contribution in [0.4, 0.5) is 0 Å². The summed E-state index contributed by atoms with van der Waals surface area (Å²) in [6.45, 7) is 0. The van der Waals surface area contributed by atoms with E-state index in [1.165, 1.54) is 5.70 Å². The maximum absolute atomic E-state index is 5.95. The molecule has 0 aromatic heterocycles. The fraction of sp³-hybridized carbons (Fsp3) is 0.111. The molecule has 0 N–H and O–H groups in total. The lowest BCUT2D eigenvalue weighted by Gasteiger charge is -2.25. The van der Waals surface area contributed by atoms with E-state index in [2.05, 4.69) is 12.2 Å². The third kappa shape index (κ3) is 1.12. The van der Waals surface area contributed by atoms with Gasteiger partial charge in [-0.05, 0) is 24.6 Å². The van der Waals surface area contributed by atoms with Crippen LogP contribution in [-0.4, -0.2) is 4.90 Å². The highest BCUT2D eigenvalue weighted by Crippen LogP contribution is 2.25. The van der Waals surface area contributed by atoms with Crippen molar-refractivity contribution in [2.75, 3.05) is 0 Å². The van der Waals surface area contributed by atoms with Gasteiger partial charge in [0.15, 0.2) is 0 Å². The van der Waals surface area contributed by atoms with Crippen molar-refractivity contribution in [3.8, 4) is 0 Å². The summed E-state index contributed by atoms with van der Waals surface area (Å²) in [6.07, 6.45) is 13.1. The van der Waals surface area contributed by atoms with Crippen LogP contribution in [0.15, 0.2) is 47.4 Å². The molecular formula is C9H8ClN. The Morgan fingerprint density at radius 3 is 3.00 bits per heavy atom. The molecule has 0 unspecified atom stereocenters. The van der Waals surface area contributed by atoms with Gasteiger partial charge in [0.25, 0.3) is 0 Å². The Bertz CT molecular complexity index is 284. The zero-order chi connectivity index (χ0) is 7.68. The Kier molecular flexibility index (Phi) is 1.59. The molecule has 0 radical (unpaired) electrons. The molecule has 2 heterocycles. The van der Waals surface area contributed by atoms with E-state index in [0.717, 1.165) is 11.6 Å². The zero-order valence-corrected chi connectivity index (χ0v) is 6.75. The molecule has 2 rings (SSSR count). The first-order valence-electron chi connectivity index (χ1n) is 3.58. The molecule has 11 heavy (non-hydrogen) atoms. The summed E-state index contributed by atoms with van der Waals surface area (Å²) in [7, 11) is 0. The van der Waals surface area contributed by atoms with E-state index < -0.39 is 0 Å². The van der Waals surface area contributed by atoms with Gasteiger partial charge in [0.1, 0.15) is 5.16 Å². The van der Waals surface area contributed by atoms with Crippen LogP contribution >= 0.6 is 11.6 Å². The fourth-order valence-electron chi connectivity index (χ4n) is 1.19. The van der Waals surface area contributed by atoms with Crippen molar-refractivity contribution in [3.05, 3.63) is 47.4 Å². The first kappa shape index (κ1) is 6.74. The third-order valence-electron chi connectivity index (χ3n) is 1.73. The summed E-state index contributed by atoms with van der Waals surface area (Å²) in [5.74, 6) is 0. The molecule has 0 aromatic carbocycles. The van der Waals surface area contributed by atoms with Crippen LogP contribution in [0.25, 0.3) is 0 Å². The van der Waals surface area contributed by atoms with Crippen molar-refractivity contribution in [3.63, 3.8) is 0 Å². The highest BCUT2D eigenvalue weighted by atomic mass is 35.5. The predicted octanol–water partition coefficient (Wildman–Crippen LogP) is 2.74. The molecule has 0 fully saturated rings. The lowest BCUT2D eigenvalue weighted by Crippen LogP contribution is -2.15. The van der Waals surface area contributed by atoms with Gasteiger partial charge in [0, 0.05) is 11.9 Å². The summed E-state index contributed by atoms with van der Waals surface area (Å²) in [6, 6.07) is 0. The van der Waals surface area contributed by atoms with Crippen LogP contribution in [0, 0.1) is 0 Å². The smallest absolute Gasteiger partial charge is 0.109 e. The Morgan fingerprint density at radius 1 is 1.27 bits per heavy atom. The quantitative estimate of drug-likeness (QED) is 0.499. The number of rotatable bonds is 0. The second kappa shape index (κ2) is 2.59. The zero-order valence-electron chi connectivity index (χ0n) is 6.00. The van der Waals surface area contributed by atoms with Crippen molar-refractivity contribution in [2.45, 2.75) is 6.42 Å². The molecule has 0 aliphatic carbocycles. The van der Waals surface area contributed by atoms with E-state index in [1.54, 1.807) is 0 Å². The Balaban J connectivity index is 2.35. The first-order valence-corrected chi connectivity index (χ1v) is 3.95. The fourth-order valence-corrected chi connectivity index (χ4v) is 1.44. The minimum absolute atomic E-state index is 0.795. The van der Waals surface area contributed by atoms with Crippen molar-refractivity contribution in [1.82, 2.24) is 4.90 Å².